The Balaban J connectivity index is 2.19. The first kappa shape index (κ1) is 10.2. The first-order chi connectivity index (χ1) is 7.18. The van der Waals surface area contributed by atoms with Crippen molar-refractivity contribution < 1.29 is 9.53 Å². The van der Waals surface area contributed by atoms with Crippen molar-refractivity contribution in [1.82, 2.24) is 0 Å². The summed E-state index contributed by atoms with van der Waals surface area (Å²) in [5.41, 5.74) is 0.643. The van der Waals surface area contributed by atoms with Crippen LogP contribution < -0.4 is 0 Å². The minimum Gasteiger partial charge on any atom is -0.460 e. The minimum absolute atomic E-state index is 0.0187. The number of thioether (sulfide) groups is 1. The molecule has 2 rings (SSSR count). The maximum absolute atomic E-state index is 12.0. The second kappa shape index (κ2) is 4.06. The molecule has 1 fully saturated rings. The van der Waals surface area contributed by atoms with Crippen molar-refractivity contribution in [3.63, 3.8) is 0 Å². The number of hydrogen-bond donors (Lipinski definition) is 1. The van der Waals surface area contributed by atoms with Crippen molar-refractivity contribution >= 4 is 22.8 Å². The van der Waals surface area contributed by atoms with E-state index in [2.05, 4.69) is 0 Å². The Hall–Kier alpha value is -1.29. The van der Waals surface area contributed by atoms with E-state index in [4.69, 9.17) is 10.1 Å². The van der Waals surface area contributed by atoms with Crippen LogP contribution in [0, 0.1) is 5.41 Å². The SMILES string of the molecule is CC1SC(=N)OC1C(=O)c1ccccc1. The molecule has 1 heterocycles. The lowest BCUT2D eigenvalue weighted by Crippen LogP contribution is -2.27. The van der Waals surface area contributed by atoms with Crippen LogP contribution in [-0.4, -0.2) is 22.4 Å². The Bertz CT molecular complexity index is 391. The van der Waals surface area contributed by atoms with Crippen LogP contribution in [0.2, 0.25) is 0 Å². The topological polar surface area (TPSA) is 50.1 Å². The number of carbonyl (C=O) groups excluding carboxylic acids is 1. The maximum atomic E-state index is 12.0. The molecule has 3 nitrogen and oxygen atoms in total. The highest BCUT2D eigenvalue weighted by Crippen LogP contribution is 2.29. The fourth-order valence-corrected chi connectivity index (χ4v) is 2.30. The molecule has 1 N–H and O–H groups in total. The summed E-state index contributed by atoms with van der Waals surface area (Å²) < 4.78 is 5.19. The molecule has 0 amide bonds. The first-order valence-electron chi connectivity index (χ1n) is 4.69. The Morgan fingerprint density at radius 1 is 1.40 bits per heavy atom. The van der Waals surface area contributed by atoms with Crippen molar-refractivity contribution in [2.75, 3.05) is 0 Å². The third-order valence-corrected chi connectivity index (χ3v) is 3.20. The van der Waals surface area contributed by atoms with Gasteiger partial charge in [0.2, 0.25) is 11.0 Å². The van der Waals surface area contributed by atoms with Crippen LogP contribution in [0.3, 0.4) is 0 Å². The highest BCUT2D eigenvalue weighted by atomic mass is 32.2. The smallest absolute Gasteiger partial charge is 0.244 e. The van der Waals surface area contributed by atoms with Gasteiger partial charge in [-0.1, -0.05) is 42.1 Å². The molecule has 1 aliphatic rings. The summed E-state index contributed by atoms with van der Waals surface area (Å²) in [7, 11) is 0. The lowest BCUT2D eigenvalue weighted by atomic mass is 10.0. The number of benzene rings is 1. The monoisotopic (exact) mass is 221 g/mol. The van der Waals surface area contributed by atoms with Gasteiger partial charge in [0.15, 0.2) is 6.10 Å². The van der Waals surface area contributed by atoms with E-state index >= 15 is 0 Å². The molecule has 15 heavy (non-hydrogen) atoms. The van der Waals surface area contributed by atoms with E-state index in [1.807, 2.05) is 25.1 Å². The zero-order chi connectivity index (χ0) is 10.8. The van der Waals surface area contributed by atoms with E-state index in [0.717, 1.165) is 0 Å². The van der Waals surface area contributed by atoms with E-state index < -0.39 is 6.10 Å². The van der Waals surface area contributed by atoms with Crippen LogP contribution in [0.4, 0.5) is 0 Å². The number of ether oxygens (including phenoxy) is 1. The van der Waals surface area contributed by atoms with Gasteiger partial charge in [0.05, 0.1) is 5.25 Å². The molecule has 0 spiro atoms. The van der Waals surface area contributed by atoms with Gasteiger partial charge in [-0.2, -0.15) is 0 Å². The summed E-state index contributed by atoms with van der Waals surface area (Å²) in [6.07, 6.45) is -0.509. The summed E-state index contributed by atoms with van der Waals surface area (Å²) in [6.45, 7) is 1.90. The molecular weight excluding hydrogens is 210 g/mol. The van der Waals surface area contributed by atoms with Gasteiger partial charge in [-0.25, -0.2) is 0 Å². The van der Waals surface area contributed by atoms with Gasteiger partial charge in [0.1, 0.15) is 0 Å². The van der Waals surface area contributed by atoms with Gasteiger partial charge in [-0.3, -0.25) is 10.2 Å². The van der Waals surface area contributed by atoms with Gasteiger partial charge in [0, 0.05) is 5.56 Å². The Kier molecular flexibility index (Phi) is 2.77. The quantitative estimate of drug-likeness (QED) is 0.780. The summed E-state index contributed by atoms with van der Waals surface area (Å²) in [5.74, 6) is -0.0437. The van der Waals surface area contributed by atoms with Crippen LogP contribution in [0.15, 0.2) is 30.3 Å². The number of hydrogen-bond acceptors (Lipinski definition) is 4. The molecule has 1 aromatic rings. The van der Waals surface area contributed by atoms with E-state index in [-0.39, 0.29) is 16.3 Å². The van der Waals surface area contributed by atoms with Gasteiger partial charge in [-0.15, -0.1) is 0 Å². The Morgan fingerprint density at radius 2 is 2.07 bits per heavy atom. The predicted octanol–water partition coefficient (Wildman–Crippen LogP) is 2.32. The fraction of sp³-hybridized carbons (Fsp3) is 0.273. The predicted molar refractivity (Wildman–Crippen MR) is 60.4 cm³/mol. The van der Waals surface area contributed by atoms with E-state index in [1.165, 1.54) is 11.8 Å². The molecule has 4 heteroatoms. The standard InChI is InChI=1S/C11H11NO2S/c1-7-10(14-11(12)15-7)9(13)8-5-3-2-4-6-8/h2-7,10,12H,1H3. The van der Waals surface area contributed by atoms with Crippen molar-refractivity contribution in [3.05, 3.63) is 35.9 Å². The van der Waals surface area contributed by atoms with Crippen LogP contribution in [0.5, 0.6) is 0 Å². The van der Waals surface area contributed by atoms with Gasteiger partial charge >= 0.3 is 0 Å². The minimum atomic E-state index is -0.509. The number of carbonyl (C=O) groups is 1. The molecule has 0 bridgehead atoms. The summed E-state index contributed by atoms with van der Waals surface area (Å²) in [5, 5.41) is 7.51. The van der Waals surface area contributed by atoms with E-state index in [9.17, 15) is 4.79 Å². The van der Waals surface area contributed by atoms with Crippen molar-refractivity contribution in [2.24, 2.45) is 0 Å². The number of rotatable bonds is 2. The molecule has 1 aliphatic heterocycles. The lowest BCUT2D eigenvalue weighted by molar-refractivity contribution is 0.0796. The molecule has 1 saturated heterocycles. The zero-order valence-corrected chi connectivity index (χ0v) is 9.08. The normalized spacial score (nSPS) is 25.0. The molecule has 0 radical (unpaired) electrons. The Labute approximate surface area is 92.3 Å². The average Bonchev–Trinajstić information content (AvgIpc) is 2.58. The van der Waals surface area contributed by atoms with Gasteiger partial charge in [0.25, 0.3) is 0 Å². The maximum Gasteiger partial charge on any atom is 0.244 e. The highest BCUT2D eigenvalue weighted by Gasteiger charge is 2.36. The lowest BCUT2D eigenvalue weighted by Gasteiger charge is -2.11. The third-order valence-electron chi connectivity index (χ3n) is 2.27. The van der Waals surface area contributed by atoms with Crippen LogP contribution in [0.1, 0.15) is 17.3 Å². The molecule has 0 aromatic heterocycles. The second-order valence-corrected chi connectivity index (χ2v) is 4.73. The van der Waals surface area contributed by atoms with Gasteiger partial charge in [-0.05, 0) is 6.92 Å². The third kappa shape index (κ3) is 2.04. The van der Waals surface area contributed by atoms with Crippen LogP contribution >= 0.6 is 11.8 Å². The summed E-state index contributed by atoms with van der Waals surface area (Å²) in [4.78, 5) is 12.0. The second-order valence-electron chi connectivity index (χ2n) is 3.38. The first-order valence-corrected chi connectivity index (χ1v) is 5.57. The summed E-state index contributed by atoms with van der Waals surface area (Å²) in [6, 6.07) is 9.05. The molecule has 2 unspecified atom stereocenters. The molecule has 78 valence electrons. The average molecular weight is 221 g/mol. The van der Waals surface area contributed by atoms with E-state index in [1.54, 1.807) is 12.1 Å². The van der Waals surface area contributed by atoms with Crippen molar-refractivity contribution in [3.8, 4) is 0 Å². The van der Waals surface area contributed by atoms with Crippen molar-refractivity contribution in [2.45, 2.75) is 18.3 Å². The molecular formula is C11H11NO2S. The Morgan fingerprint density at radius 3 is 2.60 bits per heavy atom. The van der Waals surface area contributed by atoms with Crippen LogP contribution in [0.25, 0.3) is 0 Å². The molecule has 0 aliphatic carbocycles. The van der Waals surface area contributed by atoms with Gasteiger partial charge < -0.3 is 4.74 Å². The van der Waals surface area contributed by atoms with E-state index in [0.29, 0.717) is 5.56 Å². The fourth-order valence-electron chi connectivity index (χ4n) is 1.50. The molecule has 1 aromatic carbocycles. The zero-order valence-electron chi connectivity index (χ0n) is 8.27. The largest absolute Gasteiger partial charge is 0.460 e. The number of nitrogens with one attached hydrogen (secondary N) is 1. The molecule has 2 atom stereocenters. The van der Waals surface area contributed by atoms with Crippen LogP contribution in [-0.2, 0) is 4.74 Å². The number of ketones is 1. The molecule has 0 saturated carbocycles. The summed E-state index contributed by atoms with van der Waals surface area (Å²) >= 11 is 1.29. The van der Waals surface area contributed by atoms with Crippen molar-refractivity contribution in [1.29, 1.82) is 5.41 Å². The highest BCUT2D eigenvalue weighted by molar-refractivity contribution is 8.14. The number of Topliss-reactive ketones (excluding diaryl/α,β-unsaturated/α-hetero) is 1.